The number of carbonyl (C=O) groups is 2. The van der Waals surface area contributed by atoms with E-state index in [1.54, 1.807) is 26.2 Å². The summed E-state index contributed by atoms with van der Waals surface area (Å²) in [5, 5.41) is 11.5. The van der Waals surface area contributed by atoms with Crippen molar-refractivity contribution in [3.63, 3.8) is 0 Å². The number of amides is 1. The molecule has 1 aliphatic rings. The smallest absolute Gasteiger partial charge is 0.295 e. The van der Waals surface area contributed by atoms with Gasteiger partial charge in [-0.15, -0.1) is 0 Å². The number of nitrogens with zero attached hydrogens (tertiary/aromatic N) is 1. The van der Waals surface area contributed by atoms with Gasteiger partial charge in [0.15, 0.2) is 0 Å². The van der Waals surface area contributed by atoms with E-state index in [0.29, 0.717) is 24.5 Å². The Morgan fingerprint density at radius 2 is 1.87 bits per heavy atom. The van der Waals surface area contributed by atoms with Crippen LogP contribution in [-0.4, -0.2) is 56.2 Å². The minimum atomic E-state index is -0.892. The number of aliphatic hydroxyl groups excluding tert-OH is 1. The standard InChI is InChI=1S/C22H24ClNO7/c1-12-6-7-15(31-12)19-18(21(26)22(27)24(19)8-5-9-28-2)20(25)13-10-17(30-4)14(23)11-16(13)29-3/h6-7,10-11,19,25H,5,8-9H2,1-4H3/b20-18+. The minimum Gasteiger partial charge on any atom is -0.507 e. The molecule has 0 spiro atoms. The van der Waals surface area contributed by atoms with Gasteiger partial charge in [-0.2, -0.15) is 0 Å². The maximum atomic E-state index is 13.0. The number of ketones is 1. The van der Waals surface area contributed by atoms with Crippen LogP contribution in [0.25, 0.3) is 5.76 Å². The Morgan fingerprint density at radius 1 is 1.16 bits per heavy atom. The molecule has 1 fully saturated rings. The predicted molar refractivity (Wildman–Crippen MR) is 114 cm³/mol. The summed E-state index contributed by atoms with van der Waals surface area (Å²) in [6.45, 7) is 2.42. The summed E-state index contributed by atoms with van der Waals surface area (Å²) in [6, 6.07) is 5.45. The second-order valence-electron chi connectivity index (χ2n) is 6.97. The maximum Gasteiger partial charge on any atom is 0.295 e. The fraction of sp³-hybridized carbons (Fsp3) is 0.364. The van der Waals surface area contributed by atoms with Crippen molar-refractivity contribution in [2.24, 2.45) is 0 Å². The molecule has 1 saturated heterocycles. The van der Waals surface area contributed by atoms with Crippen molar-refractivity contribution in [2.45, 2.75) is 19.4 Å². The maximum absolute atomic E-state index is 13.0. The number of Topliss-reactive ketones (excluding diaryl/α,β-unsaturated/α-hetero) is 1. The van der Waals surface area contributed by atoms with Crippen LogP contribution in [-0.2, 0) is 14.3 Å². The van der Waals surface area contributed by atoms with Gasteiger partial charge in [0, 0.05) is 26.3 Å². The van der Waals surface area contributed by atoms with Gasteiger partial charge in [-0.3, -0.25) is 9.59 Å². The number of aliphatic hydroxyl groups is 1. The van der Waals surface area contributed by atoms with E-state index in [2.05, 4.69) is 0 Å². The predicted octanol–water partition coefficient (Wildman–Crippen LogP) is 3.72. The lowest BCUT2D eigenvalue weighted by Crippen LogP contribution is -2.31. The van der Waals surface area contributed by atoms with Gasteiger partial charge in [-0.05, 0) is 31.5 Å². The van der Waals surface area contributed by atoms with Crippen LogP contribution in [0, 0.1) is 6.92 Å². The Hall–Kier alpha value is -2.97. The van der Waals surface area contributed by atoms with Gasteiger partial charge in [0.1, 0.15) is 34.8 Å². The molecule has 1 aromatic heterocycles. The summed E-state index contributed by atoms with van der Waals surface area (Å²) in [5.41, 5.74) is 0.0753. The second kappa shape index (κ2) is 9.45. The van der Waals surface area contributed by atoms with E-state index in [-0.39, 0.29) is 34.2 Å². The lowest BCUT2D eigenvalue weighted by atomic mass is 9.98. The summed E-state index contributed by atoms with van der Waals surface area (Å²) in [5.74, 6) is -0.453. The summed E-state index contributed by atoms with van der Waals surface area (Å²) < 4.78 is 21.4. The van der Waals surface area contributed by atoms with Gasteiger partial charge >= 0.3 is 0 Å². The fourth-order valence-corrected chi connectivity index (χ4v) is 3.81. The number of hydrogen-bond acceptors (Lipinski definition) is 7. The Bertz CT molecular complexity index is 1030. The summed E-state index contributed by atoms with van der Waals surface area (Å²) in [4.78, 5) is 27.2. The van der Waals surface area contributed by atoms with Crippen LogP contribution in [0.15, 0.2) is 34.3 Å². The number of carbonyl (C=O) groups excluding carboxylic acids is 2. The number of furan rings is 1. The van der Waals surface area contributed by atoms with Crippen LogP contribution in [0.4, 0.5) is 0 Å². The lowest BCUT2D eigenvalue weighted by Gasteiger charge is -2.23. The largest absolute Gasteiger partial charge is 0.507 e. The number of ether oxygens (including phenoxy) is 3. The third kappa shape index (κ3) is 4.26. The molecule has 1 unspecified atom stereocenters. The Labute approximate surface area is 184 Å². The molecule has 0 radical (unpaired) electrons. The summed E-state index contributed by atoms with van der Waals surface area (Å²) >= 11 is 6.16. The van der Waals surface area contributed by atoms with E-state index in [4.69, 9.17) is 30.2 Å². The van der Waals surface area contributed by atoms with Crippen molar-refractivity contribution in [1.82, 2.24) is 4.90 Å². The first-order valence-electron chi connectivity index (χ1n) is 9.59. The molecule has 3 rings (SSSR count). The molecule has 2 aromatic rings. The molecule has 166 valence electrons. The number of benzene rings is 1. The molecular weight excluding hydrogens is 426 g/mol. The van der Waals surface area contributed by atoms with E-state index < -0.39 is 23.5 Å². The van der Waals surface area contributed by atoms with Crippen LogP contribution < -0.4 is 9.47 Å². The van der Waals surface area contributed by atoms with Crippen LogP contribution in [0.3, 0.4) is 0 Å². The van der Waals surface area contributed by atoms with Crippen LogP contribution in [0.5, 0.6) is 11.5 Å². The average molecular weight is 450 g/mol. The zero-order valence-corrected chi connectivity index (χ0v) is 18.5. The van der Waals surface area contributed by atoms with Crippen molar-refractivity contribution in [3.8, 4) is 11.5 Å². The van der Waals surface area contributed by atoms with Crippen molar-refractivity contribution in [3.05, 3.63) is 51.9 Å². The number of likely N-dealkylation sites (tertiary alicyclic amines) is 1. The van der Waals surface area contributed by atoms with Crippen molar-refractivity contribution in [1.29, 1.82) is 0 Å². The van der Waals surface area contributed by atoms with E-state index in [1.165, 1.54) is 31.3 Å². The van der Waals surface area contributed by atoms with Crippen molar-refractivity contribution < 1.29 is 33.3 Å². The molecule has 1 N–H and O–H groups in total. The highest BCUT2D eigenvalue weighted by Crippen LogP contribution is 2.43. The average Bonchev–Trinajstić information content (AvgIpc) is 3.29. The minimum absolute atomic E-state index is 0.0977. The van der Waals surface area contributed by atoms with Gasteiger partial charge in [0.05, 0.1) is 30.4 Å². The van der Waals surface area contributed by atoms with Gasteiger partial charge in [0.2, 0.25) is 0 Å². The highest BCUT2D eigenvalue weighted by atomic mass is 35.5. The SMILES string of the molecule is COCCCN1C(=O)C(=O)/C(=C(/O)c2cc(OC)c(Cl)cc2OC)C1c1ccc(C)o1. The molecule has 0 bridgehead atoms. The monoisotopic (exact) mass is 449 g/mol. The molecule has 9 heteroatoms. The number of rotatable bonds is 8. The fourth-order valence-electron chi connectivity index (χ4n) is 3.58. The Balaban J connectivity index is 2.19. The molecule has 1 amide bonds. The molecular formula is C22H24ClNO7. The third-order valence-electron chi connectivity index (χ3n) is 5.05. The van der Waals surface area contributed by atoms with E-state index in [9.17, 15) is 14.7 Å². The first kappa shape index (κ1) is 22.7. The normalized spacial score (nSPS) is 18.0. The third-order valence-corrected chi connectivity index (χ3v) is 5.34. The number of halogens is 1. The molecule has 0 saturated carbocycles. The van der Waals surface area contributed by atoms with Crippen LogP contribution in [0.2, 0.25) is 5.02 Å². The Kier molecular flexibility index (Phi) is 6.92. The Morgan fingerprint density at radius 3 is 2.45 bits per heavy atom. The lowest BCUT2D eigenvalue weighted by molar-refractivity contribution is -0.140. The second-order valence-corrected chi connectivity index (χ2v) is 7.38. The number of hydrogen-bond donors (Lipinski definition) is 1. The van der Waals surface area contributed by atoms with Gasteiger partial charge in [0.25, 0.3) is 11.7 Å². The topological polar surface area (TPSA) is 98.4 Å². The van der Waals surface area contributed by atoms with Gasteiger partial charge < -0.3 is 28.6 Å². The van der Waals surface area contributed by atoms with Gasteiger partial charge in [-0.25, -0.2) is 0 Å². The molecule has 2 heterocycles. The molecule has 1 aliphatic heterocycles. The summed E-state index contributed by atoms with van der Waals surface area (Å²) in [7, 11) is 4.39. The zero-order chi connectivity index (χ0) is 22.7. The molecule has 8 nitrogen and oxygen atoms in total. The highest BCUT2D eigenvalue weighted by molar-refractivity contribution is 6.46. The van der Waals surface area contributed by atoms with Crippen molar-refractivity contribution >= 4 is 29.1 Å². The first-order valence-corrected chi connectivity index (χ1v) is 9.97. The van der Waals surface area contributed by atoms with Crippen LogP contribution in [0.1, 0.15) is 29.5 Å². The van der Waals surface area contributed by atoms with Crippen molar-refractivity contribution in [2.75, 3.05) is 34.5 Å². The number of methoxy groups -OCH3 is 3. The quantitative estimate of drug-likeness (QED) is 0.284. The summed E-state index contributed by atoms with van der Waals surface area (Å²) in [6.07, 6.45) is 0.512. The molecule has 0 aliphatic carbocycles. The van der Waals surface area contributed by atoms with E-state index in [1.807, 2.05) is 0 Å². The van der Waals surface area contributed by atoms with Gasteiger partial charge in [-0.1, -0.05) is 11.6 Å². The molecule has 1 aromatic carbocycles. The molecule has 1 atom stereocenters. The molecule has 31 heavy (non-hydrogen) atoms. The number of aryl methyl sites for hydroxylation is 1. The zero-order valence-electron chi connectivity index (χ0n) is 17.7. The first-order chi connectivity index (χ1) is 14.8. The highest BCUT2D eigenvalue weighted by Gasteiger charge is 2.47. The van der Waals surface area contributed by atoms with E-state index in [0.717, 1.165) is 0 Å². The van der Waals surface area contributed by atoms with E-state index >= 15 is 0 Å². The van der Waals surface area contributed by atoms with Crippen LogP contribution >= 0.6 is 11.6 Å².